The first kappa shape index (κ1) is 14.3. The van der Waals surface area contributed by atoms with E-state index in [1.54, 1.807) is 7.11 Å². The van der Waals surface area contributed by atoms with Gasteiger partial charge < -0.3 is 20.9 Å². The molecule has 1 aromatic rings. The summed E-state index contributed by atoms with van der Waals surface area (Å²) in [4.78, 5) is 0. The SMILES string of the molecule is COc1ccc(C(N)C2(CN)COC2)cc1C(C)C. The minimum absolute atomic E-state index is 0.0883. The minimum atomic E-state index is -0.108. The molecule has 1 saturated heterocycles. The van der Waals surface area contributed by atoms with Crippen molar-refractivity contribution in [2.75, 3.05) is 26.9 Å². The molecule has 4 nitrogen and oxygen atoms in total. The number of rotatable bonds is 5. The van der Waals surface area contributed by atoms with E-state index in [1.165, 1.54) is 5.56 Å². The van der Waals surface area contributed by atoms with Crippen LogP contribution in [-0.2, 0) is 4.74 Å². The molecule has 0 bridgehead atoms. The second kappa shape index (κ2) is 5.49. The van der Waals surface area contributed by atoms with Crippen LogP contribution in [0.25, 0.3) is 0 Å². The molecule has 0 amide bonds. The lowest BCUT2D eigenvalue weighted by atomic mass is 9.75. The van der Waals surface area contributed by atoms with Crippen molar-refractivity contribution in [2.45, 2.75) is 25.8 Å². The molecule has 4 N–H and O–H groups in total. The third kappa shape index (κ3) is 2.48. The van der Waals surface area contributed by atoms with Gasteiger partial charge in [0.05, 0.1) is 20.3 Å². The predicted molar refractivity (Wildman–Crippen MR) is 76.3 cm³/mol. The van der Waals surface area contributed by atoms with Gasteiger partial charge in [0.1, 0.15) is 5.75 Å². The van der Waals surface area contributed by atoms with Crippen LogP contribution in [0.1, 0.15) is 36.9 Å². The van der Waals surface area contributed by atoms with Crippen molar-refractivity contribution in [1.82, 2.24) is 0 Å². The molecule has 1 fully saturated rings. The molecule has 0 aliphatic carbocycles. The molecule has 1 aromatic carbocycles. The summed E-state index contributed by atoms with van der Waals surface area (Å²) in [6.07, 6.45) is 0. The Labute approximate surface area is 115 Å². The summed E-state index contributed by atoms with van der Waals surface area (Å²) in [6.45, 7) is 6.15. The average Bonchev–Trinajstić information content (AvgIpc) is 2.37. The van der Waals surface area contributed by atoms with Crippen LogP contribution >= 0.6 is 0 Å². The second-order valence-corrected chi connectivity index (χ2v) is 5.69. The van der Waals surface area contributed by atoms with Gasteiger partial charge in [0.2, 0.25) is 0 Å². The number of hydrogen-bond donors (Lipinski definition) is 2. The molecule has 0 aromatic heterocycles. The lowest BCUT2D eigenvalue weighted by molar-refractivity contribution is -0.121. The highest BCUT2D eigenvalue weighted by Gasteiger charge is 2.43. The van der Waals surface area contributed by atoms with E-state index in [2.05, 4.69) is 19.9 Å². The van der Waals surface area contributed by atoms with Crippen LogP contribution in [0.2, 0.25) is 0 Å². The van der Waals surface area contributed by atoms with Gasteiger partial charge in [0.25, 0.3) is 0 Å². The van der Waals surface area contributed by atoms with E-state index in [4.69, 9.17) is 20.9 Å². The van der Waals surface area contributed by atoms with Gasteiger partial charge >= 0.3 is 0 Å². The molecule has 0 radical (unpaired) electrons. The largest absolute Gasteiger partial charge is 0.496 e. The average molecular weight is 264 g/mol. The maximum absolute atomic E-state index is 6.41. The van der Waals surface area contributed by atoms with Gasteiger partial charge in [-0.1, -0.05) is 26.0 Å². The molecule has 1 aliphatic heterocycles. The van der Waals surface area contributed by atoms with Crippen molar-refractivity contribution in [1.29, 1.82) is 0 Å². The van der Waals surface area contributed by atoms with Crippen molar-refractivity contribution in [3.8, 4) is 5.75 Å². The molecule has 1 atom stereocenters. The van der Waals surface area contributed by atoms with Crippen LogP contribution in [0, 0.1) is 5.41 Å². The van der Waals surface area contributed by atoms with Gasteiger partial charge in [0.15, 0.2) is 0 Å². The number of nitrogens with two attached hydrogens (primary N) is 2. The Balaban J connectivity index is 2.32. The van der Waals surface area contributed by atoms with Crippen LogP contribution in [-0.4, -0.2) is 26.9 Å². The Bertz CT molecular complexity index is 436. The Morgan fingerprint density at radius 1 is 1.37 bits per heavy atom. The standard InChI is InChI=1S/C15H24N2O2/c1-10(2)12-6-11(4-5-13(12)18-3)14(17)15(7-16)8-19-9-15/h4-6,10,14H,7-9,16-17H2,1-3H3. The van der Waals surface area contributed by atoms with Crippen LogP contribution in [0.5, 0.6) is 5.75 Å². The molecule has 2 rings (SSSR count). The Morgan fingerprint density at radius 3 is 2.47 bits per heavy atom. The molecule has 1 aliphatic rings. The number of benzene rings is 1. The summed E-state index contributed by atoms with van der Waals surface area (Å²) in [5.41, 5.74) is 14.5. The fourth-order valence-electron chi connectivity index (χ4n) is 2.54. The van der Waals surface area contributed by atoms with Crippen molar-refractivity contribution in [3.05, 3.63) is 29.3 Å². The predicted octanol–water partition coefficient (Wildman–Crippen LogP) is 1.79. The van der Waals surface area contributed by atoms with E-state index < -0.39 is 0 Å². The highest BCUT2D eigenvalue weighted by atomic mass is 16.5. The minimum Gasteiger partial charge on any atom is -0.496 e. The van der Waals surface area contributed by atoms with Crippen molar-refractivity contribution in [2.24, 2.45) is 16.9 Å². The lowest BCUT2D eigenvalue weighted by Crippen LogP contribution is -2.54. The second-order valence-electron chi connectivity index (χ2n) is 5.69. The van der Waals surface area contributed by atoms with Gasteiger partial charge in [-0.2, -0.15) is 0 Å². The zero-order valence-electron chi connectivity index (χ0n) is 12.0. The van der Waals surface area contributed by atoms with Gasteiger partial charge in [-0.15, -0.1) is 0 Å². The Morgan fingerprint density at radius 2 is 2.05 bits per heavy atom. The highest BCUT2D eigenvalue weighted by Crippen LogP contribution is 2.39. The van der Waals surface area contributed by atoms with Gasteiger partial charge in [0, 0.05) is 18.0 Å². The molecule has 106 valence electrons. The lowest BCUT2D eigenvalue weighted by Gasteiger charge is -2.45. The fourth-order valence-corrected chi connectivity index (χ4v) is 2.54. The molecular formula is C15H24N2O2. The summed E-state index contributed by atoms with van der Waals surface area (Å²) in [5, 5.41) is 0. The maximum atomic E-state index is 6.41. The molecular weight excluding hydrogens is 240 g/mol. The fraction of sp³-hybridized carbons (Fsp3) is 0.600. The first-order chi connectivity index (χ1) is 9.04. The van der Waals surface area contributed by atoms with Crippen LogP contribution in [0.4, 0.5) is 0 Å². The maximum Gasteiger partial charge on any atom is 0.122 e. The van der Waals surface area contributed by atoms with E-state index in [0.29, 0.717) is 25.7 Å². The summed E-state index contributed by atoms with van der Waals surface area (Å²) in [6, 6.07) is 6.08. The summed E-state index contributed by atoms with van der Waals surface area (Å²) in [7, 11) is 1.70. The summed E-state index contributed by atoms with van der Waals surface area (Å²) in [5.74, 6) is 1.31. The third-order valence-corrected chi connectivity index (χ3v) is 4.08. The number of methoxy groups -OCH3 is 1. The summed E-state index contributed by atoms with van der Waals surface area (Å²) >= 11 is 0. The topological polar surface area (TPSA) is 70.5 Å². The molecule has 0 saturated carbocycles. The molecule has 4 heteroatoms. The van der Waals surface area contributed by atoms with Crippen LogP contribution in [0.3, 0.4) is 0 Å². The Hall–Kier alpha value is -1.10. The molecule has 1 heterocycles. The van der Waals surface area contributed by atoms with Gasteiger partial charge in [-0.3, -0.25) is 0 Å². The first-order valence-corrected chi connectivity index (χ1v) is 6.75. The monoisotopic (exact) mass is 264 g/mol. The third-order valence-electron chi connectivity index (χ3n) is 4.08. The molecule has 1 unspecified atom stereocenters. The zero-order chi connectivity index (χ0) is 14.0. The quantitative estimate of drug-likeness (QED) is 0.850. The number of ether oxygens (including phenoxy) is 2. The van der Waals surface area contributed by atoms with E-state index in [-0.39, 0.29) is 11.5 Å². The Kier molecular flexibility index (Phi) is 4.13. The van der Waals surface area contributed by atoms with Gasteiger partial charge in [-0.25, -0.2) is 0 Å². The van der Waals surface area contributed by atoms with E-state index in [0.717, 1.165) is 11.3 Å². The molecule has 19 heavy (non-hydrogen) atoms. The van der Waals surface area contributed by atoms with Crippen LogP contribution in [0.15, 0.2) is 18.2 Å². The van der Waals surface area contributed by atoms with Crippen molar-refractivity contribution < 1.29 is 9.47 Å². The first-order valence-electron chi connectivity index (χ1n) is 6.75. The molecule has 0 spiro atoms. The highest BCUT2D eigenvalue weighted by molar-refractivity contribution is 5.41. The smallest absolute Gasteiger partial charge is 0.122 e. The van der Waals surface area contributed by atoms with Crippen molar-refractivity contribution in [3.63, 3.8) is 0 Å². The van der Waals surface area contributed by atoms with E-state index in [1.807, 2.05) is 12.1 Å². The summed E-state index contributed by atoms with van der Waals surface area (Å²) < 4.78 is 10.7. The van der Waals surface area contributed by atoms with E-state index >= 15 is 0 Å². The van der Waals surface area contributed by atoms with E-state index in [9.17, 15) is 0 Å². The number of hydrogen-bond acceptors (Lipinski definition) is 4. The van der Waals surface area contributed by atoms with Gasteiger partial charge in [-0.05, 0) is 23.1 Å². The zero-order valence-corrected chi connectivity index (χ0v) is 12.0. The van der Waals surface area contributed by atoms with Crippen LogP contribution < -0.4 is 16.2 Å². The van der Waals surface area contributed by atoms with Crippen molar-refractivity contribution >= 4 is 0 Å². The normalized spacial score (nSPS) is 19.1.